The lowest BCUT2D eigenvalue weighted by molar-refractivity contribution is 0.0519. The van der Waals surface area contributed by atoms with Crippen LogP contribution in [0.15, 0.2) is 35.3 Å². The molecular formula is C28H37ClN6O3S2Si. The summed E-state index contributed by atoms with van der Waals surface area (Å²) in [5.74, 6) is 1.23. The molecule has 9 nitrogen and oxygen atoms in total. The van der Waals surface area contributed by atoms with Crippen LogP contribution in [0.2, 0.25) is 25.7 Å². The van der Waals surface area contributed by atoms with Crippen molar-refractivity contribution in [1.29, 1.82) is 0 Å². The number of ether oxygens (including phenoxy) is 2. The van der Waals surface area contributed by atoms with E-state index in [-0.39, 0.29) is 6.61 Å². The Morgan fingerprint density at radius 1 is 1.20 bits per heavy atom. The lowest BCUT2D eigenvalue weighted by atomic mass is 10.2. The van der Waals surface area contributed by atoms with E-state index in [0.717, 1.165) is 44.5 Å². The molecule has 3 heterocycles. The van der Waals surface area contributed by atoms with Gasteiger partial charge in [-0.15, -0.1) is 33.1 Å². The number of benzene rings is 1. The third kappa shape index (κ3) is 8.01. The Balaban J connectivity index is 1.62. The number of thiazole rings is 2. The maximum atomic E-state index is 12.5. The molecule has 13 heteroatoms. The van der Waals surface area contributed by atoms with Crippen molar-refractivity contribution in [1.82, 2.24) is 19.7 Å². The van der Waals surface area contributed by atoms with Gasteiger partial charge in [-0.05, 0) is 56.5 Å². The minimum absolute atomic E-state index is 0.288. The van der Waals surface area contributed by atoms with E-state index in [2.05, 4.69) is 51.5 Å². The van der Waals surface area contributed by atoms with Crippen molar-refractivity contribution in [2.24, 2.45) is 4.99 Å². The number of fused-ring (bicyclic) bond motifs is 1. The number of aryl methyl sites for hydroxylation is 2. The molecule has 0 radical (unpaired) electrons. The van der Waals surface area contributed by atoms with Crippen LogP contribution in [0.5, 0.6) is 0 Å². The third-order valence-electron chi connectivity index (χ3n) is 6.27. The highest BCUT2D eigenvalue weighted by Gasteiger charge is 2.22. The van der Waals surface area contributed by atoms with Crippen LogP contribution in [-0.4, -0.2) is 59.9 Å². The van der Waals surface area contributed by atoms with E-state index in [4.69, 9.17) is 26.1 Å². The topological polar surface area (TPSA) is 94.7 Å². The van der Waals surface area contributed by atoms with Gasteiger partial charge in [-0.2, -0.15) is 4.99 Å². The van der Waals surface area contributed by atoms with Gasteiger partial charge < -0.3 is 14.4 Å². The van der Waals surface area contributed by atoms with Gasteiger partial charge in [-0.25, -0.2) is 9.78 Å². The molecule has 0 fully saturated rings. The zero-order valence-corrected chi connectivity index (χ0v) is 27.8. The minimum atomic E-state index is -1.18. The second-order valence-electron chi connectivity index (χ2n) is 10.8. The molecule has 0 bridgehead atoms. The number of carbonyl (C=O) groups excluding carboxylic acids is 1. The van der Waals surface area contributed by atoms with Crippen LogP contribution >= 0.6 is 34.3 Å². The van der Waals surface area contributed by atoms with Crippen LogP contribution in [0.25, 0.3) is 10.2 Å². The van der Waals surface area contributed by atoms with Gasteiger partial charge >= 0.3 is 5.97 Å². The van der Waals surface area contributed by atoms with E-state index in [1.807, 2.05) is 37.1 Å². The average molecular weight is 633 g/mol. The van der Waals surface area contributed by atoms with Crippen molar-refractivity contribution in [3.63, 3.8) is 0 Å². The zero-order chi connectivity index (χ0) is 29.6. The van der Waals surface area contributed by atoms with E-state index < -0.39 is 14.0 Å². The number of alkyl halides is 1. The first-order valence-corrected chi connectivity index (χ1v) is 19.5. The highest BCUT2D eigenvalue weighted by Crippen LogP contribution is 2.32. The summed E-state index contributed by atoms with van der Waals surface area (Å²) in [7, 11) is 0.677. The van der Waals surface area contributed by atoms with Gasteiger partial charge in [0.25, 0.3) is 0 Å². The molecule has 0 unspecified atom stereocenters. The van der Waals surface area contributed by atoms with Crippen LogP contribution in [0, 0.1) is 6.92 Å². The molecule has 0 aliphatic rings. The predicted octanol–water partition coefficient (Wildman–Crippen LogP) is 6.92. The number of carbonyl (C=O) groups is 1. The molecule has 0 saturated heterocycles. The fourth-order valence-electron chi connectivity index (χ4n) is 3.93. The Morgan fingerprint density at radius 2 is 1.98 bits per heavy atom. The molecule has 0 aliphatic carbocycles. The second kappa shape index (κ2) is 14.0. The minimum Gasteiger partial charge on any atom is -0.461 e. The largest absolute Gasteiger partial charge is 0.461 e. The summed E-state index contributed by atoms with van der Waals surface area (Å²) in [5.41, 5.74) is 2.29. The highest BCUT2D eigenvalue weighted by atomic mass is 35.5. The normalized spacial score (nSPS) is 12.3. The molecule has 1 aromatic carbocycles. The van der Waals surface area contributed by atoms with Crippen LogP contribution in [0.3, 0.4) is 0 Å². The molecule has 4 aromatic rings. The summed E-state index contributed by atoms with van der Waals surface area (Å²) in [5, 5.41) is 9.56. The number of rotatable bonds is 13. The first kappa shape index (κ1) is 31.3. The number of aromatic nitrogens is 4. The number of anilines is 2. The van der Waals surface area contributed by atoms with E-state index >= 15 is 0 Å². The monoisotopic (exact) mass is 632 g/mol. The number of halogens is 1. The molecule has 0 aliphatic heterocycles. The van der Waals surface area contributed by atoms with Crippen molar-refractivity contribution in [2.75, 3.05) is 31.0 Å². The molecule has 4 rings (SSSR count). The molecule has 0 atom stereocenters. The summed E-state index contributed by atoms with van der Waals surface area (Å²) in [6, 6.07) is 11.3. The fraction of sp³-hybridized carbons (Fsp3) is 0.464. The Hall–Kier alpha value is -2.64. The lowest BCUT2D eigenvalue weighted by Gasteiger charge is -2.16. The number of para-hydroxylation sites is 1. The van der Waals surface area contributed by atoms with Gasteiger partial charge in [0, 0.05) is 32.5 Å². The Kier molecular flexibility index (Phi) is 10.7. The smallest absolute Gasteiger partial charge is 0.358 e. The molecule has 0 N–H and O–H groups in total. The van der Waals surface area contributed by atoms with E-state index in [1.165, 1.54) is 11.3 Å². The van der Waals surface area contributed by atoms with Gasteiger partial charge in [-0.3, -0.25) is 4.57 Å². The number of hydrogen-bond acceptors (Lipinski definition) is 10. The number of esters is 1. The quantitative estimate of drug-likeness (QED) is 0.0683. The van der Waals surface area contributed by atoms with Crippen LogP contribution < -0.4 is 9.70 Å². The van der Waals surface area contributed by atoms with Crippen molar-refractivity contribution in [3.05, 3.63) is 51.3 Å². The SMILES string of the molecule is CCOC(=O)c1nc(N(C)c2cc(C)c(N=c3sc4ccccc4n3COCC[Si](C)(C)C)nn2)sc1CCCCl. The summed E-state index contributed by atoms with van der Waals surface area (Å²) >= 11 is 8.94. The number of nitrogens with zero attached hydrogens (tertiary/aromatic N) is 6. The Bertz CT molecular complexity index is 1560. The zero-order valence-electron chi connectivity index (χ0n) is 24.4. The Labute approximate surface area is 254 Å². The molecule has 0 amide bonds. The maximum absolute atomic E-state index is 12.5. The van der Waals surface area contributed by atoms with Crippen molar-refractivity contribution < 1.29 is 14.3 Å². The maximum Gasteiger partial charge on any atom is 0.358 e. The van der Waals surface area contributed by atoms with Gasteiger partial charge in [0.2, 0.25) is 0 Å². The summed E-state index contributed by atoms with van der Waals surface area (Å²) < 4.78 is 14.5. The third-order valence-corrected chi connectivity index (χ3v) is 10.5. The van der Waals surface area contributed by atoms with Crippen molar-refractivity contribution >= 4 is 75.3 Å². The molecule has 3 aromatic heterocycles. The molecule has 220 valence electrons. The molecular weight excluding hydrogens is 596 g/mol. The summed E-state index contributed by atoms with van der Waals surface area (Å²) in [6.45, 7) is 12.2. The lowest BCUT2D eigenvalue weighted by Crippen LogP contribution is -2.23. The van der Waals surface area contributed by atoms with E-state index in [0.29, 0.717) is 41.5 Å². The van der Waals surface area contributed by atoms with Gasteiger partial charge in [0.1, 0.15) is 6.73 Å². The highest BCUT2D eigenvalue weighted by molar-refractivity contribution is 7.16. The predicted molar refractivity (Wildman–Crippen MR) is 171 cm³/mol. The average Bonchev–Trinajstić information content (AvgIpc) is 3.51. The van der Waals surface area contributed by atoms with Crippen LogP contribution in [0.1, 0.15) is 34.3 Å². The first-order chi connectivity index (χ1) is 19.6. The van der Waals surface area contributed by atoms with Gasteiger partial charge in [-0.1, -0.05) is 43.1 Å². The molecule has 0 saturated carbocycles. The molecule has 0 spiro atoms. The van der Waals surface area contributed by atoms with Crippen molar-refractivity contribution in [3.8, 4) is 0 Å². The first-order valence-electron chi connectivity index (χ1n) is 13.6. The summed E-state index contributed by atoms with van der Waals surface area (Å²) in [4.78, 5) is 25.5. The summed E-state index contributed by atoms with van der Waals surface area (Å²) in [6.07, 6.45) is 1.40. The van der Waals surface area contributed by atoms with Gasteiger partial charge in [0.05, 0.1) is 16.8 Å². The standard InChI is InChI=1S/C28H37ClN6O3S2Si/c1-7-38-26(36)24-22(13-10-14-29)40-27(30-24)34(3)23-17-19(2)25(33-32-23)31-28-35(18-37-15-16-41(4,5)6)20-11-8-9-12-21(20)39-28/h8-9,11-12,17H,7,10,13-16,18H2,1-6H3. The fourth-order valence-corrected chi connectivity index (χ4v) is 6.90. The van der Waals surface area contributed by atoms with Crippen LogP contribution in [0.4, 0.5) is 16.8 Å². The van der Waals surface area contributed by atoms with Crippen molar-refractivity contribution in [2.45, 2.75) is 59.1 Å². The Morgan fingerprint density at radius 3 is 2.68 bits per heavy atom. The van der Waals surface area contributed by atoms with E-state index in [9.17, 15) is 4.79 Å². The van der Waals surface area contributed by atoms with Gasteiger partial charge in [0.15, 0.2) is 27.3 Å². The second-order valence-corrected chi connectivity index (χ2v) is 18.9. The van der Waals surface area contributed by atoms with E-state index in [1.54, 1.807) is 18.3 Å². The van der Waals surface area contributed by atoms with Crippen LogP contribution in [-0.2, 0) is 22.6 Å². The number of hydrogen-bond donors (Lipinski definition) is 0. The molecule has 41 heavy (non-hydrogen) atoms.